The summed E-state index contributed by atoms with van der Waals surface area (Å²) in [7, 11) is 0. The summed E-state index contributed by atoms with van der Waals surface area (Å²) >= 11 is 1.54. The quantitative estimate of drug-likeness (QED) is 0.589. The van der Waals surface area contributed by atoms with Gasteiger partial charge in [-0.15, -0.1) is 28.8 Å². The molecule has 1 aromatic carbocycles. The Hall–Kier alpha value is -2.84. The molecule has 0 fully saturated rings. The molecule has 25 heavy (non-hydrogen) atoms. The lowest BCUT2D eigenvalue weighted by Gasteiger charge is -2.04. The molecule has 9 heteroatoms. The van der Waals surface area contributed by atoms with Gasteiger partial charge in [-0.2, -0.15) is 0 Å². The van der Waals surface area contributed by atoms with E-state index in [0.717, 1.165) is 33.5 Å². The Balaban J connectivity index is 0.00000182. The SMILES string of the molecule is Cc1cccnc1Nc1nc(-c2cccc(-n3cnnn3)c2)cs1.Cl. The van der Waals surface area contributed by atoms with E-state index in [0.29, 0.717) is 0 Å². The van der Waals surface area contributed by atoms with Crippen LogP contribution in [0.3, 0.4) is 0 Å². The average molecular weight is 372 g/mol. The molecule has 4 aromatic rings. The lowest BCUT2D eigenvalue weighted by atomic mass is 10.1. The van der Waals surface area contributed by atoms with Gasteiger partial charge >= 0.3 is 0 Å². The van der Waals surface area contributed by atoms with Crippen LogP contribution in [0.1, 0.15) is 5.56 Å². The van der Waals surface area contributed by atoms with Crippen LogP contribution in [0.4, 0.5) is 10.9 Å². The van der Waals surface area contributed by atoms with E-state index < -0.39 is 0 Å². The Kier molecular flexibility index (Phi) is 5.01. The first-order chi connectivity index (χ1) is 11.8. The van der Waals surface area contributed by atoms with Crippen LogP contribution in [-0.4, -0.2) is 30.2 Å². The number of thiazole rings is 1. The number of nitrogens with one attached hydrogen (secondary N) is 1. The number of tetrazole rings is 1. The summed E-state index contributed by atoms with van der Waals surface area (Å²) < 4.78 is 1.62. The molecule has 0 spiro atoms. The Bertz CT molecular complexity index is 968. The van der Waals surface area contributed by atoms with Crippen molar-refractivity contribution in [2.45, 2.75) is 6.92 Å². The van der Waals surface area contributed by atoms with Crippen molar-refractivity contribution in [3.63, 3.8) is 0 Å². The van der Waals surface area contributed by atoms with E-state index in [9.17, 15) is 0 Å². The van der Waals surface area contributed by atoms with E-state index in [1.54, 1.807) is 28.5 Å². The molecule has 0 unspecified atom stereocenters. The Morgan fingerprint density at radius 2 is 2.08 bits per heavy atom. The fourth-order valence-electron chi connectivity index (χ4n) is 2.27. The third-order valence-corrected chi connectivity index (χ3v) is 4.25. The number of anilines is 2. The molecule has 0 amide bonds. The number of nitrogens with zero attached hydrogens (tertiary/aromatic N) is 6. The molecule has 0 aliphatic rings. The number of halogens is 1. The maximum Gasteiger partial charge on any atom is 0.188 e. The van der Waals surface area contributed by atoms with E-state index in [1.165, 1.54) is 0 Å². The van der Waals surface area contributed by atoms with Gasteiger partial charge in [-0.3, -0.25) is 0 Å². The van der Waals surface area contributed by atoms with Crippen molar-refractivity contribution in [1.82, 2.24) is 30.2 Å². The van der Waals surface area contributed by atoms with E-state index in [2.05, 4.69) is 30.8 Å². The normalized spacial score (nSPS) is 10.3. The molecule has 0 bridgehead atoms. The average Bonchev–Trinajstić information content (AvgIpc) is 3.29. The molecule has 0 radical (unpaired) electrons. The highest BCUT2D eigenvalue weighted by molar-refractivity contribution is 7.14. The fourth-order valence-corrected chi connectivity index (χ4v) is 2.99. The molecule has 126 valence electrons. The number of hydrogen-bond acceptors (Lipinski definition) is 7. The van der Waals surface area contributed by atoms with Crippen LogP contribution < -0.4 is 5.32 Å². The summed E-state index contributed by atoms with van der Waals surface area (Å²) in [5.74, 6) is 0.820. The maximum absolute atomic E-state index is 4.65. The van der Waals surface area contributed by atoms with Gasteiger partial charge in [0.2, 0.25) is 0 Å². The van der Waals surface area contributed by atoms with E-state index in [1.807, 2.05) is 48.7 Å². The summed E-state index contributed by atoms with van der Waals surface area (Å²) in [4.78, 5) is 8.98. The van der Waals surface area contributed by atoms with Gasteiger partial charge in [0.1, 0.15) is 12.1 Å². The van der Waals surface area contributed by atoms with Crippen LogP contribution in [0.25, 0.3) is 16.9 Å². The van der Waals surface area contributed by atoms with Crippen molar-refractivity contribution in [2.75, 3.05) is 5.32 Å². The molecular weight excluding hydrogens is 358 g/mol. The van der Waals surface area contributed by atoms with Gasteiger partial charge in [0.25, 0.3) is 0 Å². The Morgan fingerprint density at radius 3 is 2.88 bits per heavy atom. The van der Waals surface area contributed by atoms with E-state index >= 15 is 0 Å². The molecule has 0 saturated heterocycles. The highest BCUT2D eigenvalue weighted by Crippen LogP contribution is 2.28. The number of aryl methyl sites for hydroxylation is 1. The third kappa shape index (κ3) is 3.65. The minimum absolute atomic E-state index is 0. The lowest BCUT2D eigenvalue weighted by molar-refractivity contribution is 0.789. The fraction of sp³-hybridized carbons (Fsp3) is 0.0625. The number of benzene rings is 1. The molecule has 1 N–H and O–H groups in total. The van der Waals surface area contributed by atoms with Gasteiger partial charge in [-0.1, -0.05) is 18.2 Å². The molecule has 0 saturated carbocycles. The Morgan fingerprint density at radius 1 is 1.16 bits per heavy atom. The minimum Gasteiger partial charge on any atom is -0.316 e. The first kappa shape index (κ1) is 17.0. The minimum atomic E-state index is 0. The topological polar surface area (TPSA) is 81.4 Å². The first-order valence-electron chi connectivity index (χ1n) is 7.27. The highest BCUT2D eigenvalue weighted by atomic mass is 35.5. The highest BCUT2D eigenvalue weighted by Gasteiger charge is 2.08. The summed E-state index contributed by atoms with van der Waals surface area (Å²) in [5, 5.41) is 17.3. The first-order valence-corrected chi connectivity index (χ1v) is 8.15. The molecule has 3 aromatic heterocycles. The van der Waals surface area contributed by atoms with Gasteiger partial charge in [-0.25, -0.2) is 14.6 Å². The van der Waals surface area contributed by atoms with Gasteiger partial charge in [-0.05, 0) is 41.1 Å². The van der Waals surface area contributed by atoms with Crippen LogP contribution >= 0.6 is 23.7 Å². The second kappa shape index (κ2) is 7.37. The predicted octanol–water partition coefficient (Wildman–Crippen LogP) is 3.65. The van der Waals surface area contributed by atoms with Crippen molar-refractivity contribution in [3.05, 3.63) is 59.9 Å². The zero-order valence-electron chi connectivity index (χ0n) is 13.2. The smallest absolute Gasteiger partial charge is 0.188 e. The van der Waals surface area contributed by atoms with Crippen molar-refractivity contribution >= 4 is 34.7 Å². The third-order valence-electron chi connectivity index (χ3n) is 3.49. The van der Waals surface area contributed by atoms with E-state index in [-0.39, 0.29) is 12.4 Å². The van der Waals surface area contributed by atoms with Crippen LogP contribution in [0.5, 0.6) is 0 Å². The molecule has 4 rings (SSSR count). The number of aromatic nitrogens is 6. The van der Waals surface area contributed by atoms with Gasteiger partial charge < -0.3 is 5.32 Å². The number of hydrogen-bond donors (Lipinski definition) is 1. The van der Waals surface area contributed by atoms with Crippen molar-refractivity contribution in [2.24, 2.45) is 0 Å². The van der Waals surface area contributed by atoms with E-state index in [4.69, 9.17) is 0 Å². The summed E-state index contributed by atoms with van der Waals surface area (Å²) in [6.45, 7) is 2.01. The molecular formula is C16H14ClN7S. The van der Waals surface area contributed by atoms with Crippen LogP contribution in [0.15, 0.2) is 54.3 Å². The summed E-state index contributed by atoms with van der Waals surface area (Å²) in [6.07, 6.45) is 3.33. The van der Waals surface area contributed by atoms with Crippen LogP contribution in [-0.2, 0) is 0 Å². The molecule has 0 atom stereocenters. The molecule has 7 nitrogen and oxygen atoms in total. The summed E-state index contributed by atoms with van der Waals surface area (Å²) in [6, 6.07) is 11.8. The van der Waals surface area contributed by atoms with Crippen molar-refractivity contribution in [1.29, 1.82) is 0 Å². The molecule has 0 aliphatic carbocycles. The van der Waals surface area contributed by atoms with Gasteiger partial charge in [0.15, 0.2) is 5.13 Å². The number of pyridine rings is 1. The lowest BCUT2D eigenvalue weighted by Crippen LogP contribution is -1.96. The standard InChI is InChI=1S/C16H13N7S.ClH/c1-11-4-3-7-17-15(11)20-16-19-14(9-24-16)12-5-2-6-13(8-12)23-10-18-21-22-23;/h2-10H,1H3,(H,17,19,20);1H. The second-order valence-corrected chi connectivity index (χ2v) is 5.99. The van der Waals surface area contributed by atoms with Crippen molar-refractivity contribution < 1.29 is 0 Å². The molecule has 0 aliphatic heterocycles. The van der Waals surface area contributed by atoms with Crippen LogP contribution in [0, 0.1) is 6.92 Å². The maximum atomic E-state index is 4.65. The second-order valence-electron chi connectivity index (χ2n) is 5.14. The zero-order chi connectivity index (χ0) is 16.4. The molecule has 3 heterocycles. The predicted molar refractivity (Wildman–Crippen MR) is 99.8 cm³/mol. The van der Waals surface area contributed by atoms with Gasteiger partial charge in [0, 0.05) is 17.1 Å². The van der Waals surface area contributed by atoms with Gasteiger partial charge in [0.05, 0.1) is 11.4 Å². The van der Waals surface area contributed by atoms with Crippen molar-refractivity contribution in [3.8, 4) is 16.9 Å². The number of rotatable bonds is 4. The summed E-state index contributed by atoms with van der Waals surface area (Å²) in [5.41, 5.74) is 3.87. The van der Waals surface area contributed by atoms with Crippen LogP contribution in [0.2, 0.25) is 0 Å². The Labute approximate surface area is 154 Å². The zero-order valence-corrected chi connectivity index (χ0v) is 14.8. The monoisotopic (exact) mass is 371 g/mol. The largest absolute Gasteiger partial charge is 0.316 e.